The number of hydrogen-bond acceptors (Lipinski definition) is 4. The molecule has 4 aliphatic carbocycles. The minimum absolute atomic E-state index is 0.0717. The molecule has 0 amide bonds. The van der Waals surface area contributed by atoms with E-state index in [0.717, 1.165) is 44.3 Å². The van der Waals surface area contributed by atoms with Gasteiger partial charge in [-0.1, -0.05) is 36.8 Å². The van der Waals surface area contributed by atoms with Crippen LogP contribution in [0.1, 0.15) is 74.2 Å². The first-order valence-corrected chi connectivity index (χ1v) is 12.5. The first kappa shape index (κ1) is 22.7. The predicted octanol–water partition coefficient (Wildman–Crippen LogP) is 5.68. The Bertz CT molecular complexity index is 1020. The Balaban J connectivity index is 1.64. The Hall–Kier alpha value is -2.04. The molecule has 4 heteroatoms. The number of allylic oxidation sites excluding steroid dienone is 4. The van der Waals surface area contributed by atoms with Crippen molar-refractivity contribution in [3.8, 4) is 0 Å². The van der Waals surface area contributed by atoms with Crippen molar-refractivity contribution in [2.24, 2.45) is 23.2 Å². The van der Waals surface area contributed by atoms with Gasteiger partial charge in [0.2, 0.25) is 0 Å². The molecule has 1 aromatic rings. The Morgan fingerprint density at radius 2 is 1.88 bits per heavy atom. The first-order chi connectivity index (χ1) is 15.9. The number of benzene rings is 1. The number of carbonyl (C=O) groups excluding carboxylic acids is 2. The molecule has 2 fully saturated rings. The molecule has 0 N–H and O–H groups in total. The van der Waals surface area contributed by atoms with Gasteiger partial charge in [0.05, 0.1) is 12.7 Å². The molecule has 0 heterocycles. The van der Waals surface area contributed by atoms with Crippen LogP contribution < -0.4 is 0 Å². The first-order valence-electron chi connectivity index (χ1n) is 12.5. The van der Waals surface area contributed by atoms with E-state index in [1.807, 2.05) is 25.3 Å². The van der Waals surface area contributed by atoms with Crippen LogP contribution >= 0.6 is 0 Å². The smallest absolute Gasteiger partial charge is 0.159 e. The molecule has 0 radical (unpaired) electrons. The van der Waals surface area contributed by atoms with Crippen LogP contribution in [0, 0.1) is 23.2 Å². The van der Waals surface area contributed by atoms with Crippen LogP contribution in [0.5, 0.6) is 0 Å². The summed E-state index contributed by atoms with van der Waals surface area (Å²) in [5.41, 5.74) is 6.43. The number of fused-ring (bicyclic) bond motifs is 4. The number of hydrogen-bond donors (Lipinski definition) is 0. The van der Waals surface area contributed by atoms with Crippen molar-refractivity contribution in [3.05, 3.63) is 58.2 Å². The third-order valence-electron chi connectivity index (χ3n) is 9.16. The molecule has 6 atom stereocenters. The minimum Gasteiger partial charge on any atom is -0.384 e. The van der Waals surface area contributed by atoms with E-state index >= 15 is 0 Å². The predicted molar refractivity (Wildman–Crippen MR) is 128 cm³/mol. The molecule has 1 aromatic carbocycles. The maximum atomic E-state index is 12.2. The second-order valence-electron chi connectivity index (χ2n) is 10.9. The molecular weight excluding hydrogens is 412 g/mol. The van der Waals surface area contributed by atoms with Gasteiger partial charge in [0.25, 0.3) is 0 Å². The van der Waals surface area contributed by atoms with Crippen molar-refractivity contribution in [1.29, 1.82) is 0 Å². The van der Waals surface area contributed by atoms with Gasteiger partial charge in [-0.15, -0.1) is 0 Å². The molecule has 2 saturated carbocycles. The minimum atomic E-state index is 0.0717. The van der Waals surface area contributed by atoms with Crippen LogP contribution in [-0.4, -0.2) is 38.5 Å². The highest BCUT2D eigenvalue weighted by Gasteiger charge is 2.60. The molecule has 0 bridgehead atoms. The number of methoxy groups -OCH3 is 2. The lowest BCUT2D eigenvalue weighted by Crippen LogP contribution is -2.46. The quantitative estimate of drug-likeness (QED) is 0.544. The summed E-state index contributed by atoms with van der Waals surface area (Å²) in [7, 11) is 3.65. The van der Waals surface area contributed by atoms with Crippen LogP contribution in [0.3, 0.4) is 0 Å². The number of rotatable bonds is 5. The van der Waals surface area contributed by atoms with Crippen LogP contribution in [0.15, 0.2) is 47.1 Å². The fourth-order valence-electron chi connectivity index (χ4n) is 7.88. The molecular formula is C29H36O4. The zero-order chi connectivity index (χ0) is 23.3. The molecule has 0 spiro atoms. The Kier molecular flexibility index (Phi) is 5.95. The highest BCUT2D eigenvalue weighted by molar-refractivity contribution is 5.94. The van der Waals surface area contributed by atoms with E-state index in [1.54, 1.807) is 19.6 Å². The number of ketones is 2. The summed E-state index contributed by atoms with van der Waals surface area (Å²) >= 11 is 0. The Morgan fingerprint density at radius 1 is 1.12 bits per heavy atom. The molecule has 4 aliphatic rings. The van der Waals surface area contributed by atoms with Crippen molar-refractivity contribution in [1.82, 2.24) is 0 Å². The van der Waals surface area contributed by atoms with E-state index in [9.17, 15) is 9.59 Å². The van der Waals surface area contributed by atoms with Crippen molar-refractivity contribution in [3.63, 3.8) is 0 Å². The molecule has 0 aliphatic heterocycles. The van der Waals surface area contributed by atoms with Gasteiger partial charge in [-0.3, -0.25) is 9.59 Å². The fraction of sp³-hybridized carbons (Fsp3) is 0.586. The zero-order valence-corrected chi connectivity index (χ0v) is 20.4. The lowest BCUT2D eigenvalue weighted by molar-refractivity contribution is -0.114. The van der Waals surface area contributed by atoms with Gasteiger partial charge in [-0.25, -0.2) is 0 Å². The summed E-state index contributed by atoms with van der Waals surface area (Å²) in [4.78, 5) is 24.1. The average molecular weight is 449 g/mol. The molecule has 176 valence electrons. The summed E-state index contributed by atoms with van der Waals surface area (Å²) < 4.78 is 11.8. The topological polar surface area (TPSA) is 52.6 Å². The SMILES string of the molecule is COCC1C[C@H]2[C@@H]3CCC4=CC(=O)CCC4=C3[C@@H](c3ccc(C(C)=O)cc3)C[C@]2(C)[C@H]1OC. The number of ether oxygens (including phenoxy) is 2. The second-order valence-corrected chi connectivity index (χ2v) is 10.9. The van der Waals surface area contributed by atoms with E-state index in [2.05, 4.69) is 19.1 Å². The van der Waals surface area contributed by atoms with Crippen molar-refractivity contribution >= 4 is 11.6 Å². The van der Waals surface area contributed by atoms with Crippen LogP contribution in [-0.2, 0) is 14.3 Å². The van der Waals surface area contributed by atoms with Crippen LogP contribution in [0.2, 0.25) is 0 Å². The maximum Gasteiger partial charge on any atom is 0.159 e. The Labute approximate surface area is 197 Å². The zero-order valence-electron chi connectivity index (χ0n) is 20.4. The van der Waals surface area contributed by atoms with E-state index in [0.29, 0.717) is 30.1 Å². The highest BCUT2D eigenvalue weighted by atomic mass is 16.5. The van der Waals surface area contributed by atoms with E-state index in [4.69, 9.17) is 9.47 Å². The third-order valence-corrected chi connectivity index (χ3v) is 9.16. The molecule has 1 unspecified atom stereocenters. The number of Topliss-reactive ketones (excluding diaryl/α,β-unsaturated/α-hetero) is 1. The van der Waals surface area contributed by atoms with Gasteiger partial charge in [0.15, 0.2) is 11.6 Å². The average Bonchev–Trinajstić information content (AvgIpc) is 3.09. The van der Waals surface area contributed by atoms with Gasteiger partial charge < -0.3 is 9.47 Å². The summed E-state index contributed by atoms with van der Waals surface area (Å²) in [5.74, 6) is 2.16. The second kappa shape index (κ2) is 8.63. The van der Waals surface area contributed by atoms with Crippen molar-refractivity contribution in [2.45, 2.75) is 64.4 Å². The maximum absolute atomic E-state index is 12.2. The van der Waals surface area contributed by atoms with Gasteiger partial charge >= 0.3 is 0 Å². The Morgan fingerprint density at radius 3 is 2.55 bits per heavy atom. The van der Waals surface area contributed by atoms with Crippen LogP contribution in [0.4, 0.5) is 0 Å². The molecule has 0 aromatic heterocycles. The van der Waals surface area contributed by atoms with Gasteiger partial charge in [0, 0.05) is 38.0 Å². The molecule has 5 rings (SSSR count). The summed E-state index contributed by atoms with van der Waals surface area (Å²) in [6, 6.07) is 8.27. The monoisotopic (exact) mass is 448 g/mol. The van der Waals surface area contributed by atoms with E-state index in [-0.39, 0.29) is 23.1 Å². The highest BCUT2D eigenvalue weighted by Crippen LogP contribution is 2.65. The molecule has 33 heavy (non-hydrogen) atoms. The van der Waals surface area contributed by atoms with Crippen molar-refractivity contribution in [2.75, 3.05) is 20.8 Å². The molecule has 4 nitrogen and oxygen atoms in total. The van der Waals surface area contributed by atoms with Crippen molar-refractivity contribution < 1.29 is 19.1 Å². The lowest BCUT2D eigenvalue weighted by Gasteiger charge is -2.52. The fourth-order valence-corrected chi connectivity index (χ4v) is 7.88. The molecule has 0 saturated heterocycles. The van der Waals surface area contributed by atoms with Gasteiger partial charge in [-0.2, -0.15) is 0 Å². The van der Waals surface area contributed by atoms with Gasteiger partial charge in [-0.05, 0) is 79.1 Å². The third kappa shape index (κ3) is 3.66. The van der Waals surface area contributed by atoms with Crippen LogP contribution in [0.25, 0.3) is 0 Å². The summed E-state index contributed by atoms with van der Waals surface area (Å²) in [6.45, 7) is 4.80. The van der Waals surface area contributed by atoms with E-state index < -0.39 is 0 Å². The van der Waals surface area contributed by atoms with E-state index in [1.165, 1.54) is 16.7 Å². The largest absolute Gasteiger partial charge is 0.384 e. The standard InChI is InChI=1S/C29H36O4/c1-17(30)18-5-7-19(8-6-18)25-15-29(2)26(14-21(16-32-3)28(29)33-4)24-11-9-20-13-22(31)10-12-23(20)27(24)25/h5-8,13,21,24-26,28H,9-12,14-16H2,1-4H3/t21?,24-,25+,26-,28-,29-/m0/s1. The summed E-state index contributed by atoms with van der Waals surface area (Å²) in [6.07, 6.45) is 7.88. The normalized spacial score (nSPS) is 35.6. The summed E-state index contributed by atoms with van der Waals surface area (Å²) in [5, 5.41) is 0. The number of carbonyl (C=O) groups is 2. The van der Waals surface area contributed by atoms with Gasteiger partial charge in [0.1, 0.15) is 0 Å². The lowest BCUT2D eigenvalue weighted by atomic mass is 9.53.